The predicted molar refractivity (Wildman–Crippen MR) is 88.5 cm³/mol. The van der Waals surface area contributed by atoms with E-state index in [0.717, 1.165) is 28.8 Å². The molecule has 0 amide bonds. The van der Waals surface area contributed by atoms with E-state index in [2.05, 4.69) is 34.9 Å². The zero-order valence-electron chi connectivity index (χ0n) is 12.6. The molecule has 0 aliphatic rings. The Hall–Kier alpha value is -1.33. The highest BCUT2D eigenvalue weighted by atomic mass is 79.9. The van der Waals surface area contributed by atoms with Crippen molar-refractivity contribution in [2.45, 2.75) is 39.3 Å². The quantitative estimate of drug-likeness (QED) is 0.827. The predicted octanol–water partition coefficient (Wildman–Crippen LogP) is 3.70. The zero-order valence-corrected chi connectivity index (χ0v) is 14.1. The van der Waals surface area contributed by atoms with E-state index in [9.17, 15) is 0 Å². The van der Waals surface area contributed by atoms with E-state index in [1.165, 1.54) is 5.56 Å². The van der Waals surface area contributed by atoms with Crippen LogP contribution in [0, 0.1) is 0 Å². The summed E-state index contributed by atoms with van der Waals surface area (Å²) in [5.74, 6) is 0.847. The van der Waals surface area contributed by atoms with Crippen molar-refractivity contribution in [2.75, 3.05) is 6.54 Å². The smallest absolute Gasteiger partial charge is 0.132 e. The fraction of sp³-hybridized carbons (Fsp3) is 0.438. The molecule has 114 valence electrons. The average Bonchev–Trinajstić information content (AvgIpc) is 2.96. The summed E-state index contributed by atoms with van der Waals surface area (Å²) in [5, 5.41) is 4.53. The minimum Gasteiger partial charge on any atom is -0.487 e. The molecule has 2 N–H and O–H groups in total. The van der Waals surface area contributed by atoms with Gasteiger partial charge < -0.3 is 10.5 Å². The van der Waals surface area contributed by atoms with Crippen LogP contribution >= 0.6 is 15.9 Å². The van der Waals surface area contributed by atoms with Crippen LogP contribution in [-0.2, 0) is 13.0 Å². The van der Waals surface area contributed by atoms with E-state index < -0.39 is 0 Å². The van der Waals surface area contributed by atoms with Gasteiger partial charge in [0.1, 0.15) is 12.4 Å². The summed E-state index contributed by atoms with van der Waals surface area (Å²) in [6, 6.07) is 8.41. The van der Waals surface area contributed by atoms with Gasteiger partial charge >= 0.3 is 0 Å². The summed E-state index contributed by atoms with van der Waals surface area (Å²) in [7, 11) is 0. The van der Waals surface area contributed by atoms with Gasteiger partial charge in [-0.25, -0.2) is 0 Å². The van der Waals surface area contributed by atoms with Gasteiger partial charge in [-0.05, 0) is 56.1 Å². The third kappa shape index (κ3) is 4.32. The van der Waals surface area contributed by atoms with Gasteiger partial charge in [0.2, 0.25) is 0 Å². The molecule has 0 saturated carbocycles. The lowest BCUT2D eigenvalue weighted by Gasteiger charge is -2.09. The second-order valence-electron chi connectivity index (χ2n) is 5.12. The molecule has 1 aromatic heterocycles. The lowest BCUT2D eigenvalue weighted by molar-refractivity contribution is 0.298. The fourth-order valence-electron chi connectivity index (χ4n) is 2.03. The number of aromatic nitrogens is 2. The van der Waals surface area contributed by atoms with Crippen molar-refractivity contribution < 1.29 is 4.74 Å². The highest BCUT2D eigenvalue weighted by Crippen LogP contribution is 2.23. The molecule has 0 spiro atoms. The monoisotopic (exact) mass is 351 g/mol. The number of nitrogens with two attached hydrogens (primary N) is 1. The molecule has 1 unspecified atom stereocenters. The molecule has 0 aliphatic heterocycles. The molecule has 0 saturated heterocycles. The molecule has 2 aromatic rings. The standard InChI is InChI=1S/C16H22BrN3O/c1-3-12(2)20-9-7-14(19-20)11-21-15-4-5-16(17)13(10-15)6-8-18/h4-5,7,9-10,12H,3,6,8,11,18H2,1-2H3. The van der Waals surface area contributed by atoms with E-state index in [1.54, 1.807) is 0 Å². The van der Waals surface area contributed by atoms with Gasteiger partial charge in [0.05, 0.1) is 5.69 Å². The Bertz CT molecular complexity index is 583. The summed E-state index contributed by atoms with van der Waals surface area (Å²) < 4.78 is 8.88. The lowest BCUT2D eigenvalue weighted by Crippen LogP contribution is -2.06. The van der Waals surface area contributed by atoms with Crippen LogP contribution in [0.2, 0.25) is 0 Å². The number of hydrogen-bond donors (Lipinski definition) is 1. The van der Waals surface area contributed by atoms with Crippen molar-refractivity contribution in [2.24, 2.45) is 5.73 Å². The molecule has 5 heteroatoms. The maximum atomic E-state index is 5.82. The summed E-state index contributed by atoms with van der Waals surface area (Å²) in [6.07, 6.45) is 3.91. The van der Waals surface area contributed by atoms with Crippen molar-refractivity contribution in [3.05, 3.63) is 46.2 Å². The second kappa shape index (κ2) is 7.61. The number of nitrogens with zero attached hydrogens (tertiary/aromatic N) is 2. The Kier molecular flexibility index (Phi) is 5.82. The molecular formula is C16H22BrN3O. The van der Waals surface area contributed by atoms with Gasteiger partial charge in [-0.1, -0.05) is 22.9 Å². The van der Waals surface area contributed by atoms with Gasteiger partial charge in [-0.15, -0.1) is 0 Å². The summed E-state index contributed by atoms with van der Waals surface area (Å²) in [4.78, 5) is 0. The zero-order chi connectivity index (χ0) is 15.2. The van der Waals surface area contributed by atoms with Crippen LogP contribution in [0.4, 0.5) is 0 Å². The van der Waals surface area contributed by atoms with Crippen LogP contribution in [0.3, 0.4) is 0 Å². The Balaban J connectivity index is 1.99. The van der Waals surface area contributed by atoms with Gasteiger partial charge in [-0.2, -0.15) is 5.10 Å². The first-order valence-electron chi connectivity index (χ1n) is 7.29. The van der Waals surface area contributed by atoms with E-state index >= 15 is 0 Å². The third-order valence-corrected chi connectivity index (χ3v) is 4.30. The Morgan fingerprint density at radius 3 is 2.90 bits per heavy atom. The van der Waals surface area contributed by atoms with E-state index in [1.807, 2.05) is 35.1 Å². The van der Waals surface area contributed by atoms with E-state index in [4.69, 9.17) is 10.5 Å². The maximum Gasteiger partial charge on any atom is 0.132 e. The molecular weight excluding hydrogens is 330 g/mol. The molecule has 0 fully saturated rings. The van der Waals surface area contributed by atoms with Crippen LogP contribution < -0.4 is 10.5 Å². The lowest BCUT2D eigenvalue weighted by atomic mass is 10.1. The van der Waals surface area contributed by atoms with Gasteiger partial charge in [0.15, 0.2) is 0 Å². The van der Waals surface area contributed by atoms with Crippen molar-refractivity contribution in [3.63, 3.8) is 0 Å². The Labute approximate surface area is 134 Å². The van der Waals surface area contributed by atoms with Crippen molar-refractivity contribution in [1.29, 1.82) is 0 Å². The largest absolute Gasteiger partial charge is 0.487 e. The molecule has 1 heterocycles. The van der Waals surface area contributed by atoms with Crippen molar-refractivity contribution >= 4 is 15.9 Å². The van der Waals surface area contributed by atoms with Crippen molar-refractivity contribution in [3.8, 4) is 5.75 Å². The number of rotatable bonds is 7. The SMILES string of the molecule is CCC(C)n1ccc(COc2ccc(Br)c(CCN)c2)n1. The third-order valence-electron chi connectivity index (χ3n) is 3.52. The average molecular weight is 352 g/mol. The number of ether oxygens (including phenoxy) is 1. The topological polar surface area (TPSA) is 53.1 Å². The van der Waals surface area contributed by atoms with Crippen LogP contribution in [-0.4, -0.2) is 16.3 Å². The van der Waals surface area contributed by atoms with Crippen LogP contribution in [0.1, 0.15) is 37.6 Å². The molecule has 1 aromatic carbocycles. The number of hydrogen-bond acceptors (Lipinski definition) is 3. The number of benzene rings is 1. The van der Waals surface area contributed by atoms with Crippen LogP contribution in [0.25, 0.3) is 0 Å². The van der Waals surface area contributed by atoms with Crippen molar-refractivity contribution in [1.82, 2.24) is 9.78 Å². The Morgan fingerprint density at radius 2 is 2.19 bits per heavy atom. The molecule has 0 aliphatic carbocycles. The van der Waals surface area contributed by atoms with Gasteiger partial charge in [0, 0.05) is 16.7 Å². The highest BCUT2D eigenvalue weighted by molar-refractivity contribution is 9.10. The highest BCUT2D eigenvalue weighted by Gasteiger charge is 2.06. The summed E-state index contributed by atoms with van der Waals surface area (Å²) >= 11 is 3.53. The Morgan fingerprint density at radius 1 is 1.38 bits per heavy atom. The number of halogens is 1. The molecule has 1 atom stereocenters. The molecule has 0 radical (unpaired) electrons. The summed E-state index contributed by atoms with van der Waals surface area (Å²) in [6.45, 7) is 5.42. The molecule has 2 rings (SSSR count). The van der Waals surface area contributed by atoms with E-state index in [0.29, 0.717) is 19.2 Å². The first-order chi connectivity index (χ1) is 10.1. The minimum atomic E-state index is 0.419. The minimum absolute atomic E-state index is 0.419. The molecule has 0 bridgehead atoms. The van der Waals surface area contributed by atoms with Gasteiger partial charge in [0.25, 0.3) is 0 Å². The molecule has 4 nitrogen and oxygen atoms in total. The van der Waals surface area contributed by atoms with E-state index in [-0.39, 0.29) is 0 Å². The summed E-state index contributed by atoms with van der Waals surface area (Å²) in [5.41, 5.74) is 7.72. The normalized spacial score (nSPS) is 12.4. The maximum absolute atomic E-state index is 5.82. The molecule has 21 heavy (non-hydrogen) atoms. The van der Waals surface area contributed by atoms with Crippen LogP contribution in [0.15, 0.2) is 34.9 Å². The van der Waals surface area contributed by atoms with Gasteiger partial charge in [-0.3, -0.25) is 4.68 Å². The second-order valence-corrected chi connectivity index (χ2v) is 5.98. The first-order valence-corrected chi connectivity index (χ1v) is 8.08. The first kappa shape index (κ1) is 16.0. The van der Waals surface area contributed by atoms with Crippen LogP contribution in [0.5, 0.6) is 5.75 Å². The fourth-order valence-corrected chi connectivity index (χ4v) is 2.48.